The molecule has 0 amide bonds. The van der Waals surface area contributed by atoms with Gasteiger partial charge in [0.25, 0.3) is 0 Å². The second-order valence-corrected chi connectivity index (χ2v) is 7.32. The van der Waals surface area contributed by atoms with E-state index in [-0.39, 0.29) is 0 Å². The third kappa shape index (κ3) is 5.31. The molecule has 146 valence electrons. The van der Waals surface area contributed by atoms with Crippen molar-refractivity contribution in [1.29, 1.82) is 0 Å². The highest BCUT2D eigenvalue weighted by molar-refractivity contribution is 5.92. The summed E-state index contributed by atoms with van der Waals surface area (Å²) in [5.41, 5.74) is 15.7. The molecule has 4 heteroatoms. The minimum atomic E-state index is 0.660. The van der Waals surface area contributed by atoms with E-state index in [4.69, 9.17) is 20.9 Å². The topological polar surface area (TPSA) is 70.5 Å². The number of rotatable bonds is 0. The third-order valence-corrected chi connectivity index (χ3v) is 5.17. The van der Waals surface area contributed by atoms with E-state index in [0.29, 0.717) is 24.6 Å². The van der Waals surface area contributed by atoms with Crippen molar-refractivity contribution in [1.82, 2.24) is 0 Å². The van der Waals surface area contributed by atoms with Gasteiger partial charge in [0.1, 0.15) is 11.5 Å². The Bertz CT molecular complexity index is 669. The number of nitrogen functional groups attached to an aromatic ring is 2. The predicted octanol–water partition coefficient (Wildman–Crippen LogP) is 5.80. The van der Waals surface area contributed by atoms with Gasteiger partial charge in [-0.25, -0.2) is 0 Å². The zero-order valence-corrected chi connectivity index (χ0v) is 16.2. The molecule has 4 N–H and O–H groups in total. The van der Waals surface area contributed by atoms with Crippen LogP contribution >= 0.6 is 0 Å². The summed E-state index contributed by atoms with van der Waals surface area (Å²) in [7, 11) is 0. The van der Waals surface area contributed by atoms with Crippen LogP contribution in [0.4, 0.5) is 11.4 Å². The van der Waals surface area contributed by atoms with Crippen molar-refractivity contribution in [3.05, 3.63) is 36.4 Å². The molecular weight excluding hydrogens is 336 g/mol. The molecule has 0 fully saturated rings. The lowest BCUT2D eigenvalue weighted by Gasteiger charge is -2.19. The maximum Gasteiger partial charge on any atom is 0.129 e. The highest BCUT2D eigenvalue weighted by Crippen LogP contribution is 2.44. The molecule has 3 rings (SSSR count). The van der Waals surface area contributed by atoms with Crippen molar-refractivity contribution in [3.63, 3.8) is 0 Å². The van der Waals surface area contributed by atoms with E-state index in [1.165, 1.54) is 44.9 Å². The van der Waals surface area contributed by atoms with Crippen LogP contribution in [0, 0.1) is 0 Å². The molecule has 0 atom stereocenters. The lowest BCUT2D eigenvalue weighted by molar-refractivity contribution is 0.303. The second-order valence-electron chi connectivity index (χ2n) is 7.32. The number of hydrogen-bond acceptors (Lipinski definition) is 4. The van der Waals surface area contributed by atoms with Gasteiger partial charge in [-0.2, -0.15) is 0 Å². The predicted molar refractivity (Wildman–Crippen MR) is 113 cm³/mol. The van der Waals surface area contributed by atoms with Gasteiger partial charge in [0.15, 0.2) is 0 Å². The highest BCUT2D eigenvalue weighted by atomic mass is 16.5. The molecule has 0 unspecified atom stereocenters. The number of fused-ring (bicyclic) bond motifs is 3. The summed E-state index contributed by atoms with van der Waals surface area (Å²) >= 11 is 0. The molecule has 2 aromatic carbocycles. The maximum atomic E-state index is 6.34. The molecule has 0 aliphatic carbocycles. The fraction of sp³-hybridized carbons (Fsp3) is 0.478. The molecule has 0 bridgehead atoms. The number of ether oxygens (including phenoxy) is 2. The summed E-state index contributed by atoms with van der Waals surface area (Å²) < 4.78 is 12.2. The molecule has 2 aromatic rings. The van der Waals surface area contributed by atoms with Crippen LogP contribution in [0.15, 0.2) is 36.4 Å². The van der Waals surface area contributed by atoms with Crippen molar-refractivity contribution in [2.75, 3.05) is 24.7 Å². The molecule has 27 heavy (non-hydrogen) atoms. The van der Waals surface area contributed by atoms with E-state index in [2.05, 4.69) is 0 Å². The van der Waals surface area contributed by atoms with Gasteiger partial charge in [-0.05, 0) is 37.1 Å². The Hall–Kier alpha value is -2.36. The van der Waals surface area contributed by atoms with Crippen LogP contribution in [-0.4, -0.2) is 13.2 Å². The average Bonchev–Trinajstić information content (AvgIpc) is 2.66. The van der Waals surface area contributed by atoms with Crippen LogP contribution in [-0.2, 0) is 0 Å². The third-order valence-electron chi connectivity index (χ3n) is 5.17. The van der Waals surface area contributed by atoms with Crippen molar-refractivity contribution < 1.29 is 9.47 Å². The van der Waals surface area contributed by atoms with Crippen LogP contribution in [0.2, 0.25) is 0 Å². The van der Waals surface area contributed by atoms with Gasteiger partial charge in [-0.3, -0.25) is 0 Å². The number of nitrogens with two attached hydrogens (primary N) is 2. The maximum absolute atomic E-state index is 6.34. The summed E-state index contributed by atoms with van der Waals surface area (Å²) in [6.07, 6.45) is 11.1. The average molecular weight is 369 g/mol. The SMILES string of the molecule is Nc1cccc2c1-c1c(N)cccc1OCCCCCCCCCCCO2. The molecule has 0 saturated heterocycles. The molecule has 0 aromatic heterocycles. The first-order valence-corrected chi connectivity index (χ1v) is 10.3. The molecule has 1 heterocycles. The monoisotopic (exact) mass is 368 g/mol. The summed E-state index contributed by atoms with van der Waals surface area (Å²) in [5, 5.41) is 0. The van der Waals surface area contributed by atoms with Gasteiger partial charge in [-0.15, -0.1) is 0 Å². The summed E-state index contributed by atoms with van der Waals surface area (Å²) in [5.74, 6) is 1.56. The van der Waals surface area contributed by atoms with Gasteiger partial charge < -0.3 is 20.9 Å². The zero-order chi connectivity index (χ0) is 18.9. The van der Waals surface area contributed by atoms with Crippen molar-refractivity contribution in [2.45, 2.75) is 57.8 Å². The number of anilines is 2. The van der Waals surface area contributed by atoms with E-state index < -0.39 is 0 Å². The molecule has 0 spiro atoms. The lowest BCUT2D eigenvalue weighted by Crippen LogP contribution is -2.05. The van der Waals surface area contributed by atoms with E-state index in [1.807, 2.05) is 36.4 Å². The molecule has 0 radical (unpaired) electrons. The number of benzene rings is 2. The van der Waals surface area contributed by atoms with Crippen LogP contribution in [0.5, 0.6) is 11.5 Å². The quantitative estimate of drug-likeness (QED) is 0.577. The van der Waals surface area contributed by atoms with E-state index in [9.17, 15) is 0 Å². The fourth-order valence-electron chi connectivity index (χ4n) is 3.68. The standard InChI is InChI=1S/C23H32N2O2/c24-18-12-10-14-20-22(18)23-19(25)13-11-15-21(23)27-17-9-7-5-3-1-2-4-6-8-16-26-20/h10-15H,1-9,16-17,24-25H2. The smallest absolute Gasteiger partial charge is 0.129 e. The molecule has 4 nitrogen and oxygen atoms in total. The van der Waals surface area contributed by atoms with Crippen molar-refractivity contribution in [2.24, 2.45) is 0 Å². The first-order chi connectivity index (χ1) is 13.3. The number of hydrogen-bond donors (Lipinski definition) is 2. The van der Waals surface area contributed by atoms with E-state index >= 15 is 0 Å². The fourth-order valence-corrected chi connectivity index (χ4v) is 3.68. The molecule has 1 aliphatic rings. The van der Waals surface area contributed by atoms with Crippen LogP contribution < -0.4 is 20.9 Å². The zero-order valence-electron chi connectivity index (χ0n) is 16.2. The Labute approximate surface area is 162 Å². The Kier molecular flexibility index (Phi) is 7.26. The Morgan fingerprint density at radius 1 is 0.519 bits per heavy atom. The van der Waals surface area contributed by atoms with Gasteiger partial charge >= 0.3 is 0 Å². The summed E-state index contributed by atoms with van der Waals surface area (Å²) in [6.45, 7) is 1.39. The normalized spacial score (nSPS) is 16.9. The second kappa shape index (κ2) is 10.1. The first-order valence-electron chi connectivity index (χ1n) is 10.3. The van der Waals surface area contributed by atoms with Gasteiger partial charge in [-0.1, -0.05) is 57.1 Å². The van der Waals surface area contributed by atoms with Crippen LogP contribution in [0.3, 0.4) is 0 Å². The van der Waals surface area contributed by atoms with Crippen molar-refractivity contribution in [3.8, 4) is 22.6 Å². The molecular formula is C23H32N2O2. The lowest BCUT2D eigenvalue weighted by atomic mass is 9.99. The van der Waals surface area contributed by atoms with Crippen LogP contribution in [0.1, 0.15) is 57.8 Å². The van der Waals surface area contributed by atoms with E-state index in [0.717, 1.165) is 35.5 Å². The summed E-state index contributed by atoms with van der Waals surface area (Å²) in [4.78, 5) is 0. The minimum Gasteiger partial charge on any atom is -0.493 e. The van der Waals surface area contributed by atoms with Crippen LogP contribution in [0.25, 0.3) is 11.1 Å². The Morgan fingerprint density at radius 2 is 0.889 bits per heavy atom. The Balaban J connectivity index is 1.90. The van der Waals surface area contributed by atoms with Gasteiger partial charge in [0.05, 0.1) is 24.3 Å². The largest absolute Gasteiger partial charge is 0.493 e. The minimum absolute atomic E-state index is 0.660. The van der Waals surface area contributed by atoms with Crippen molar-refractivity contribution >= 4 is 11.4 Å². The molecule has 0 saturated carbocycles. The summed E-state index contributed by atoms with van der Waals surface area (Å²) in [6, 6.07) is 11.6. The Morgan fingerprint density at radius 3 is 1.30 bits per heavy atom. The molecule has 1 aliphatic heterocycles. The van der Waals surface area contributed by atoms with Gasteiger partial charge in [0, 0.05) is 11.4 Å². The highest BCUT2D eigenvalue weighted by Gasteiger charge is 2.18. The first kappa shape index (κ1) is 19.4. The van der Waals surface area contributed by atoms with Gasteiger partial charge in [0.2, 0.25) is 0 Å². The van der Waals surface area contributed by atoms with E-state index in [1.54, 1.807) is 0 Å².